The number of likely N-dealkylation sites (tertiary alicyclic amines) is 1. The molecule has 2 saturated heterocycles. The Morgan fingerprint density at radius 2 is 1.91 bits per heavy atom. The smallest absolute Gasteiger partial charge is 0.222 e. The Kier molecular flexibility index (Phi) is 4.76. The molecule has 2 heterocycles. The Labute approximate surface area is 139 Å². The first-order chi connectivity index (χ1) is 10.8. The van der Waals surface area contributed by atoms with Gasteiger partial charge in [-0.25, -0.2) is 8.42 Å². The maximum atomic E-state index is 12.5. The molecule has 1 amide bonds. The minimum atomic E-state index is -3.11. The standard InChI is InChI=1S/C17H29NO4S/c1-13(2)3-6-16(19)18-11-17(12-18)15(7-8-23(17,20)21)10-22-9-14-4-5-14/h13-15H,3-12H2,1-2H3. The average Bonchev–Trinajstić information content (AvgIpc) is 3.19. The number of ether oxygens (including phenoxy) is 1. The van der Waals surface area contributed by atoms with Gasteiger partial charge in [0.15, 0.2) is 9.84 Å². The summed E-state index contributed by atoms with van der Waals surface area (Å²) < 4.78 is 30.1. The van der Waals surface area contributed by atoms with E-state index in [1.54, 1.807) is 4.90 Å². The first kappa shape index (κ1) is 17.2. The van der Waals surface area contributed by atoms with Gasteiger partial charge in [-0.05, 0) is 37.5 Å². The van der Waals surface area contributed by atoms with Crippen LogP contribution in [0.2, 0.25) is 0 Å². The quantitative estimate of drug-likeness (QED) is 0.708. The average molecular weight is 343 g/mol. The number of hydrogen-bond acceptors (Lipinski definition) is 4. The summed E-state index contributed by atoms with van der Waals surface area (Å²) >= 11 is 0. The third-order valence-electron chi connectivity index (χ3n) is 5.67. The number of amides is 1. The molecule has 1 spiro atoms. The molecule has 3 fully saturated rings. The molecule has 23 heavy (non-hydrogen) atoms. The predicted octanol–water partition coefficient (Wildman–Crippen LogP) is 1.86. The first-order valence-corrected chi connectivity index (χ1v) is 10.6. The molecule has 0 aromatic heterocycles. The maximum absolute atomic E-state index is 12.5. The van der Waals surface area contributed by atoms with E-state index < -0.39 is 14.6 Å². The summed E-state index contributed by atoms with van der Waals surface area (Å²) in [4.78, 5) is 13.9. The fourth-order valence-electron chi connectivity index (χ4n) is 3.72. The van der Waals surface area contributed by atoms with Gasteiger partial charge in [-0.15, -0.1) is 0 Å². The van der Waals surface area contributed by atoms with E-state index in [1.165, 1.54) is 12.8 Å². The van der Waals surface area contributed by atoms with E-state index in [0.717, 1.165) is 13.0 Å². The van der Waals surface area contributed by atoms with E-state index >= 15 is 0 Å². The van der Waals surface area contributed by atoms with Crippen LogP contribution in [0.1, 0.15) is 46.0 Å². The van der Waals surface area contributed by atoms with Crippen molar-refractivity contribution in [2.75, 3.05) is 32.1 Å². The molecule has 3 aliphatic rings. The van der Waals surface area contributed by atoms with Crippen LogP contribution in [0, 0.1) is 17.8 Å². The second-order valence-electron chi connectivity index (χ2n) is 8.03. The van der Waals surface area contributed by atoms with E-state index in [9.17, 15) is 13.2 Å². The van der Waals surface area contributed by atoms with Crippen LogP contribution in [0.15, 0.2) is 0 Å². The summed E-state index contributed by atoms with van der Waals surface area (Å²) in [5.41, 5.74) is 0. The van der Waals surface area contributed by atoms with Crippen LogP contribution in [-0.4, -0.2) is 56.0 Å². The molecular formula is C17H29NO4S. The van der Waals surface area contributed by atoms with Crippen molar-refractivity contribution in [2.24, 2.45) is 17.8 Å². The van der Waals surface area contributed by atoms with Crippen LogP contribution < -0.4 is 0 Å². The summed E-state index contributed by atoms with van der Waals surface area (Å²) in [6.45, 7) is 6.25. The van der Waals surface area contributed by atoms with Crippen molar-refractivity contribution in [1.29, 1.82) is 0 Å². The van der Waals surface area contributed by atoms with Crippen LogP contribution >= 0.6 is 0 Å². The lowest BCUT2D eigenvalue weighted by atomic mass is 9.83. The first-order valence-electron chi connectivity index (χ1n) is 8.92. The van der Waals surface area contributed by atoms with Crippen LogP contribution in [0.25, 0.3) is 0 Å². The van der Waals surface area contributed by atoms with Crippen LogP contribution in [0.3, 0.4) is 0 Å². The Morgan fingerprint density at radius 1 is 1.22 bits per heavy atom. The highest BCUT2D eigenvalue weighted by atomic mass is 32.2. The molecule has 1 aliphatic carbocycles. The molecule has 2 aliphatic heterocycles. The van der Waals surface area contributed by atoms with Crippen molar-refractivity contribution in [3.63, 3.8) is 0 Å². The highest BCUT2D eigenvalue weighted by molar-refractivity contribution is 7.93. The van der Waals surface area contributed by atoms with Crippen molar-refractivity contribution in [2.45, 2.75) is 50.7 Å². The molecule has 132 valence electrons. The highest BCUT2D eigenvalue weighted by Crippen LogP contribution is 2.45. The van der Waals surface area contributed by atoms with Crippen LogP contribution in [-0.2, 0) is 19.4 Å². The molecule has 1 unspecified atom stereocenters. The number of carbonyl (C=O) groups excluding carboxylic acids is 1. The van der Waals surface area contributed by atoms with E-state index in [0.29, 0.717) is 44.4 Å². The van der Waals surface area contributed by atoms with E-state index in [1.807, 2.05) is 0 Å². The van der Waals surface area contributed by atoms with Gasteiger partial charge in [0.05, 0.1) is 12.4 Å². The fourth-order valence-corrected chi connectivity index (χ4v) is 6.12. The fraction of sp³-hybridized carbons (Fsp3) is 0.941. The second-order valence-corrected chi connectivity index (χ2v) is 10.5. The Balaban J connectivity index is 1.56. The Morgan fingerprint density at radius 3 is 2.52 bits per heavy atom. The minimum Gasteiger partial charge on any atom is -0.381 e. The summed E-state index contributed by atoms with van der Waals surface area (Å²) in [5, 5.41) is 0. The highest BCUT2D eigenvalue weighted by Gasteiger charge is 2.62. The van der Waals surface area contributed by atoms with Gasteiger partial charge >= 0.3 is 0 Å². The van der Waals surface area contributed by atoms with Crippen molar-refractivity contribution in [3.05, 3.63) is 0 Å². The summed E-state index contributed by atoms with van der Waals surface area (Å²) in [6, 6.07) is 0. The Hall–Kier alpha value is -0.620. The molecule has 0 aromatic carbocycles. The summed E-state index contributed by atoms with van der Waals surface area (Å²) in [7, 11) is -3.11. The van der Waals surface area contributed by atoms with Gasteiger partial charge in [-0.3, -0.25) is 4.79 Å². The van der Waals surface area contributed by atoms with Crippen molar-refractivity contribution < 1.29 is 17.9 Å². The molecule has 0 radical (unpaired) electrons. The lowest BCUT2D eigenvalue weighted by molar-refractivity contribution is -0.138. The minimum absolute atomic E-state index is 0.0559. The number of nitrogens with zero attached hydrogens (tertiary/aromatic N) is 1. The zero-order chi connectivity index (χ0) is 16.7. The summed E-state index contributed by atoms with van der Waals surface area (Å²) in [5.74, 6) is 1.59. The SMILES string of the molecule is CC(C)CCC(=O)N1CC2(C1)C(COCC1CC1)CCS2(=O)=O. The summed E-state index contributed by atoms with van der Waals surface area (Å²) in [6.07, 6.45) is 4.55. The van der Waals surface area contributed by atoms with E-state index in [4.69, 9.17) is 4.74 Å². The van der Waals surface area contributed by atoms with Gasteiger partial charge in [0.1, 0.15) is 4.75 Å². The molecule has 1 atom stereocenters. The largest absolute Gasteiger partial charge is 0.381 e. The molecule has 3 rings (SSSR count). The third-order valence-corrected chi connectivity index (χ3v) is 8.28. The molecule has 0 bridgehead atoms. The van der Waals surface area contributed by atoms with Gasteiger partial charge in [-0.1, -0.05) is 13.8 Å². The van der Waals surface area contributed by atoms with Gasteiger partial charge in [0.2, 0.25) is 5.91 Å². The topological polar surface area (TPSA) is 63.7 Å². The number of rotatable bonds is 7. The van der Waals surface area contributed by atoms with Crippen molar-refractivity contribution in [1.82, 2.24) is 4.90 Å². The van der Waals surface area contributed by atoms with Crippen LogP contribution in [0.4, 0.5) is 0 Å². The van der Waals surface area contributed by atoms with Crippen molar-refractivity contribution >= 4 is 15.7 Å². The zero-order valence-electron chi connectivity index (χ0n) is 14.3. The van der Waals surface area contributed by atoms with Gasteiger partial charge in [0, 0.05) is 32.0 Å². The monoisotopic (exact) mass is 343 g/mol. The third kappa shape index (κ3) is 3.43. The Bertz CT molecular complexity index is 547. The van der Waals surface area contributed by atoms with Crippen molar-refractivity contribution in [3.8, 4) is 0 Å². The van der Waals surface area contributed by atoms with Crippen LogP contribution in [0.5, 0.6) is 0 Å². The molecule has 0 aromatic rings. The lowest BCUT2D eigenvalue weighted by Gasteiger charge is -2.50. The normalized spacial score (nSPS) is 28.3. The van der Waals surface area contributed by atoms with Gasteiger partial charge in [-0.2, -0.15) is 0 Å². The zero-order valence-corrected chi connectivity index (χ0v) is 15.1. The van der Waals surface area contributed by atoms with E-state index in [2.05, 4.69) is 13.8 Å². The predicted molar refractivity (Wildman–Crippen MR) is 88.8 cm³/mol. The molecule has 1 saturated carbocycles. The molecule has 5 nitrogen and oxygen atoms in total. The van der Waals surface area contributed by atoms with E-state index in [-0.39, 0.29) is 17.6 Å². The van der Waals surface area contributed by atoms with Gasteiger partial charge in [0.25, 0.3) is 0 Å². The molecular weight excluding hydrogens is 314 g/mol. The lowest BCUT2D eigenvalue weighted by Crippen LogP contribution is -2.68. The number of sulfone groups is 1. The molecule has 6 heteroatoms. The number of hydrogen-bond donors (Lipinski definition) is 0. The van der Waals surface area contributed by atoms with Gasteiger partial charge < -0.3 is 9.64 Å². The number of carbonyl (C=O) groups is 1. The second kappa shape index (κ2) is 6.36. The molecule has 0 N–H and O–H groups in total. The maximum Gasteiger partial charge on any atom is 0.222 e.